The summed E-state index contributed by atoms with van der Waals surface area (Å²) in [4.78, 5) is 23.2. The van der Waals surface area contributed by atoms with Crippen molar-refractivity contribution in [2.75, 3.05) is 17.2 Å². The van der Waals surface area contributed by atoms with E-state index in [4.69, 9.17) is 0 Å². The maximum absolute atomic E-state index is 12.7. The topological polar surface area (TPSA) is 51.0 Å². The lowest BCUT2D eigenvalue weighted by Crippen LogP contribution is -2.32. The lowest BCUT2D eigenvalue weighted by molar-refractivity contribution is -0.116. The van der Waals surface area contributed by atoms with Gasteiger partial charge in [-0.05, 0) is 0 Å². The third kappa shape index (κ3) is 4.18. The van der Waals surface area contributed by atoms with Crippen LogP contribution in [0.4, 0.5) is 5.13 Å². The van der Waals surface area contributed by atoms with E-state index in [1.54, 1.807) is 17.2 Å². The average molecular weight is 371 g/mol. The minimum atomic E-state index is -0.0122. The molecule has 5 nitrogen and oxygen atoms in total. The van der Waals surface area contributed by atoms with Crippen LogP contribution in [0.2, 0.25) is 0 Å². The Morgan fingerprint density at radius 3 is 2.88 bits per heavy atom. The Hall–Kier alpha value is -2.38. The van der Waals surface area contributed by atoms with E-state index in [1.165, 1.54) is 23.1 Å². The molecule has 128 valence electrons. The molecule has 0 aliphatic carbocycles. The molecule has 0 saturated heterocycles. The van der Waals surface area contributed by atoms with Gasteiger partial charge in [0, 0.05) is 36.9 Å². The molecular formula is C18H18N4OS2. The molecule has 0 saturated carbocycles. The molecule has 0 atom stereocenters. The van der Waals surface area contributed by atoms with Gasteiger partial charge in [-0.2, -0.15) is 0 Å². The highest BCUT2D eigenvalue weighted by Crippen LogP contribution is 2.28. The predicted octanol–water partition coefficient (Wildman–Crippen LogP) is 3.85. The van der Waals surface area contributed by atoms with E-state index in [0.717, 1.165) is 16.4 Å². The van der Waals surface area contributed by atoms with Crippen molar-refractivity contribution in [1.82, 2.24) is 14.5 Å². The second kappa shape index (κ2) is 8.13. The predicted molar refractivity (Wildman–Crippen MR) is 104 cm³/mol. The summed E-state index contributed by atoms with van der Waals surface area (Å²) in [5, 5.41) is 3.47. The molecular weight excluding hydrogens is 352 g/mol. The van der Waals surface area contributed by atoms with Crippen LogP contribution in [0.15, 0.2) is 65.9 Å². The third-order valence-corrected chi connectivity index (χ3v) is 5.41. The van der Waals surface area contributed by atoms with Gasteiger partial charge in [-0.25, -0.2) is 9.97 Å². The maximum atomic E-state index is 12.7. The van der Waals surface area contributed by atoms with E-state index >= 15 is 0 Å². The molecule has 3 rings (SSSR count). The largest absolute Gasteiger partial charge is 0.329 e. The Morgan fingerprint density at radius 1 is 1.40 bits per heavy atom. The molecule has 25 heavy (non-hydrogen) atoms. The van der Waals surface area contributed by atoms with Gasteiger partial charge >= 0.3 is 0 Å². The van der Waals surface area contributed by atoms with Gasteiger partial charge in [-0.3, -0.25) is 9.69 Å². The quantitative estimate of drug-likeness (QED) is 0.468. The molecule has 0 unspecified atom stereocenters. The molecule has 0 aliphatic heterocycles. The number of aromatic nitrogens is 3. The van der Waals surface area contributed by atoms with Crippen LogP contribution in [0.5, 0.6) is 0 Å². The third-order valence-electron chi connectivity index (χ3n) is 3.51. The second-order valence-electron chi connectivity index (χ2n) is 5.28. The molecule has 7 heteroatoms. The van der Waals surface area contributed by atoms with Crippen LogP contribution >= 0.6 is 23.1 Å². The SMILES string of the molecule is C=CCN(C(=O)CSc1nccn1C)c1nc(-c2ccccc2)cs1. The van der Waals surface area contributed by atoms with Crippen LogP contribution in [-0.2, 0) is 11.8 Å². The van der Waals surface area contributed by atoms with Crippen molar-refractivity contribution in [3.8, 4) is 11.3 Å². The number of aryl methyl sites for hydroxylation is 1. The van der Waals surface area contributed by atoms with Gasteiger partial charge in [-0.15, -0.1) is 17.9 Å². The van der Waals surface area contributed by atoms with E-state index < -0.39 is 0 Å². The number of nitrogens with zero attached hydrogens (tertiary/aromatic N) is 4. The fraction of sp³-hybridized carbons (Fsp3) is 0.167. The molecule has 0 bridgehead atoms. The molecule has 0 fully saturated rings. The van der Waals surface area contributed by atoms with Crippen molar-refractivity contribution >= 4 is 34.1 Å². The summed E-state index contributed by atoms with van der Waals surface area (Å²) in [7, 11) is 1.91. The molecule has 1 aromatic carbocycles. The van der Waals surface area contributed by atoms with Crippen LogP contribution in [0.25, 0.3) is 11.3 Å². The van der Waals surface area contributed by atoms with Crippen molar-refractivity contribution in [1.29, 1.82) is 0 Å². The van der Waals surface area contributed by atoms with Gasteiger partial charge in [0.15, 0.2) is 10.3 Å². The van der Waals surface area contributed by atoms with Gasteiger partial charge < -0.3 is 4.57 Å². The van der Waals surface area contributed by atoms with Crippen LogP contribution in [0.1, 0.15) is 0 Å². The Balaban J connectivity index is 1.74. The number of thioether (sulfide) groups is 1. The van der Waals surface area contributed by atoms with Crippen molar-refractivity contribution in [2.24, 2.45) is 7.05 Å². The highest BCUT2D eigenvalue weighted by atomic mass is 32.2. The molecule has 1 amide bonds. The molecule has 0 aliphatic rings. The summed E-state index contributed by atoms with van der Waals surface area (Å²) >= 11 is 2.88. The fourth-order valence-electron chi connectivity index (χ4n) is 2.24. The zero-order valence-electron chi connectivity index (χ0n) is 13.8. The number of carbonyl (C=O) groups excluding carboxylic acids is 1. The van der Waals surface area contributed by atoms with Crippen LogP contribution in [-0.4, -0.2) is 32.7 Å². The van der Waals surface area contributed by atoms with Crippen LogP contribution in [0.3, 0.4) is 0 Å². The van der Waals surface area contributed by atoms with Crippen molar-refractivity contribution in [2.45, 2.75) is 5.16 Å². The zero-order chi connectivity index (χ0) is 17.6. The van der Waals surface area contributed by atoms with Crippen molar-refractivity contribution in [3.63, 3.8) is 0 Å². The summed E-state index contributed by atoms with van der Waals surface area (Å²) in [6, 6.07) is 9.94. The Morgan fingerprint density at radius 2 is 2.20 bits per heavy atom. The molecule has 2 aromatic heterocycles. The monoisotopic (exact) mass is 370 g/mol. The summed E-state index contributed by atoms with van der Waals surface area (Å²) < 4.78 is 1.90. The zero-order valence-corrected chi connectivity index (χ0v) is 15.5. The smallest absolute Gasteiger partial charge is 0.239 e. The second-order valence-corrected chi connectivity index (χ2v) is 7.06. The summed E-state index contributed by atoms with van der Waals surface area (Å²) in [5.41, 5.74) is 1.91. The van der Waals surface area contributed by atoms with Crippen LogP contribution < -0.4 is 4.90 Å². The van der Waals surface area contributed by atoms with E-state index in [2.05, 4.69) is 16.5 Å². The minimum Gasteiger partial charge on any atom is -0.329 e. The van der Waals surface area contributed by atoms with Gasteiger partial charge in [0.1, 0.15) is 0 Å². The number of rotatable bonds is 7. The fourth-order valence-corrected chi connectivity index (χ4v) is 3.91. The van der Waals surface area contributed by atoms with Crippen molar-refractivity contribution in [3.05, 3.63) is 60.8 Å². The van der Waals surface area contributed by atoms with E-state index in [-0.39, 0.29) is 5.91 Å². The highest BCUT2D eigenvalue weighted by Gasteiger charge is 2.19. The van der Waals surface area contributed by atoms with E-state index in [0.29, 0.717) is 17.4 Å². The van der Waals surface area contributed by atoms with Gasteiger partial charge in [-0.1, -0.05) is 48.2 Å². The lowest BCUT2D eigenvalue weighted by Gasteiger charge is -2.17. The summed E-state index contributed by atoms with van der Waals surface area (Å²) in [5.74, 6) is 0.292. The molecule has 2 heterocycles. The Labute approximate surface area is 155 Å². The molecule has 0 spiro atoms. The van der Waals surface area contributed by atoms with Crippen molar-refractivity contribution < 1.29 is 4.79 Å². The summed E-state index contributed by atoms with van der Waals surface area (Å²) in [6.07, 6.45) is 5.30. The number of hydrogen-bond acceptors (Lipinski definition) is 5. The highest BCUT2D eigenvalue weighted by molar-refractivity contribution is 7.99. The normalized spacial score (nSPS) is 10.6. The Kier molecular flexibility index (Phi) is 5.67. The number of hydrogen-bond donors (Lipinski definition) is 0. The minimum absolute atomic E-state index is 0.0122. The number of imidazole rings is 1. The van der Waals surface area contributed by atoms with Crippen LogP contribution in [0, 0.1) is 0 Å². The molecule has 3 aromatic rings. The first-order valence-corrected chi connectivity index (χ1v) is 9.58. The number of amides is 1. The van der Waals surface area contributed by atoms with Gasteiger partial charge in [0.05, 0.1) is 11.4 Å². The maximum Gasteiger partial charge on any atom is 0.239 e. The van der Waals surface area contributed by atoms with Gasteiger partial charge in [0.2, 0.25) is 5.91 Å². The standard InChI is InChI=1S/C18H18N4OS2/c1-3-10-22(16(23)13-25-17-19-9-11-21(17)2)18-20-15(12-24-18)14-7-5-4-6-8-14/h3-9,11-12H,1,10,13H2,2H3. The van der Waals surface area contributed by atoms with E-state index in [9.17, 15) is 4.79 Å². The molecule has 0 radical (unpaired) electrons. The first kappa shape index (κ1) is 17.4. The Bertz CT molecular complexity index is 857. The summed E-state index contributed by atoms with van der Waals surface area (Å²) in [6.45, 7) is 4.19. The average Bonchev–Trinajstić information content (AvgIpc) is 3.27. The lowest BCUT2D eigenvalue weighted by atomic mass is 10.2. The first-order valence-electron chi connectivity index (χ1n) is 7.71. The van der Waals surface area contributed by atoms with Gasteiger partial charge in [0.25, 0.3) is 0 Å². The molecule has 0 N–H and O–H groups in total. The number of anilines is 1. The number of thiazole rings is 1. The number of benzene rings is 1. The van der Waals surface area contributed by atoms with E-state index in [1.807, 2.05) is 53.5 Å². The first-order chi connectivity index (χ1) is 12.2. The number of carbonyl (C=O) groups is 1.